The van der Waals surface area contributed by atoms with Gasteiger partial charge >= 0.3 is 5.97 Å². The fourth-order valence-corrected chi connectivity index (χ4v) is 9.87. The molecule has 0 radical (unpaired) electrons. The maximum Gasteiger partial charge on any atom is 0.308 e. The van der Waals surface area contributed by atoms with Crippen LogP contribution in [0.2, 0.25) is 16.6 Å². The normalized spacial score (nSPS) is 23.1. The van der Waals surface area contributed by atoms with E-state index in [1.54, 1.807) is 7.11 Å². The maximum atomic E-state index is 12.0. The van der Waals surface area contributed by atoms with Crippen molar-refractivity contribution in [3.63, 3.8) is 0 Å². The maximum absolute atomic E-state index is 12.0. The van der Waals surface area contributed by atoms with E-state index in [9.17, 15) is 4.79 Å². The molecular weight excluding hydrogens is 332 g/mol. The fourth-order valence-electron chi connectivity index (χ4n) is 4.36. The van der Waals surface area contributed by atoms with Crippen molar-refractivity contribution in [2.75, 3.05) is 7.11 Å². The number of carbonyl (C=O) groups excluding carboxylic acids is 1. The topological polar surface area (TPSA) is 44.8 Å². The summed E-state index contributed by atoms with van der Waals surface area (Å²) in [6, 6.07) is 0. The molecular formula is C20H38O4Si. The van der Waals surface area contributed by atoms with E-state index < -0.39 is 8.32 Å². The number of hydrogen-bond acceptors (Lipinski definition) is 4. The molecule has 0 N–H and O–H groups in total. The van der Waals surface area contributed by atoms with Crippen LogP contribution in [-0.2, 0) is 18.7 Å². The minimum Gasteiger partial charge on any atom is -0.459 e. The van der Waals surface area contributed by atoms with Crippen LogP contribution in [-0.4, -0.2) is 39.7 Å². The Balaban J connectivity index is 3.21. The second kappa shape index (κ2) is 9.33. The summed E-state index contributed by atoms with van der Waals surface area (Å²) in [6.45, 7) is 17.8. The number of esters is 1. The van der Waals surface area contributed by atoms with Crippen molar-refractivity contribution < 1.29 is 18.7 Å². The van der Waals surface area contributed by atoms with Crippen LogP contribution in [0.1, 0.15) is 68.2 Å². The van der Waals surface area contributed by atoms with Gasteiger partial charge in [-0.3, -0.25) is 4.79 Å². The lowest BCUT2D eigenvalue weighted by atomic mass is 10.00. The van der Waals surface area contributed by atoms with Gasteiger partial charge in [-0.15, -0.1) is 0 Å². The molecule has 1 saturated heterocycles. The summed E-state index contributed by atoms with van der Waals surface area (Å²) < 4.78 is 18.1. The lowest BCUT2D eigenvalue weighted by Gasteiger charge is -2.46. The third kappa shape index (κ3) is 5.41. The zero-order valence-corrected chi connectivity index (χ0v) is 18.6. The predicted molar refractivity (Wildman–Crippen MR) is 105 cm³/mol. The summed E-state index contributed by atoms with van der Waals surface area (Å²) in [4.78, 5) is 12.0. The number of allylic oxidation sites excluding steroid dienone is 1. The molecule has 4 nitrogen and oxygen atoms in total. The predicted octanol–water partition coefficient (Wildman–Crippen LogP) is 5.23. The molecule has 3 atom stereocenters. The second-order valence-corrected chi connectivity index (χ2v) is 13.9. The molecule has 5 heteroatoms. The molecule has 1 aliphatic rings. The fraction of sp³-hybridized carbons (Fsp3) is 0.850. The van der Waals surface area contributed by atoms with Crippen molar-refractivity contribution in [2.24, 2.45) is 0 Å². The van der Waals surface area contributed by atoms with Gasteiger partial charge in [0, 0.05) is 13.5 Å². The van der Waals surface area contributed by atoms with Crippen LogP contribution < -0.4 is 0 Å². The summed E-state index contributed by atoms with van der Waals surface area (Å²) in [7, 11) is -0.413. The summed E-state index contributed by atoms with van der Waals surface area (Å²) in [5.41, 5.74) is 2.63. The average molecular weight is 371 g/mol. The minimum atomic E-state index is -2.07. The molecule has 0 aromatic heterocycles. The van der Waals surface area contributed by atoms with Crippen molar-refractivity contribution in [2.45, 2.75) is 103 Å². The summed E-state index contributed by atoms with van der Waals surface area (Å²) in [5, 5.41) is 0. The molecule has 0 spiro atoms. The van der Waals surface area contributed by atoms with Gasteiger partial charge in [0.25, 0.3) is 0 Å². The Hall–Kier alpha value is -0.653. The molecule has 0 aromatic rings. The van der Waals surface area contributed by atoms with E-state index in [0.29, 0.717) is 29.5 Å². The molecule has 1 fully saturated rings. The number of hydrogen-bond donors (Lipinski definition) is 0. The van der Waals surface area contributed by atoms with E-state index in [-0.39, 0.29) is 24.3 Å². The summed E-state index contributed by atoms with van der Waals surface area (Å²) in [5.74, 6) is -0.190. The van der Waals surface area contributed by atoms with E-state index in [2.05, 4.69) is 61.5 Å². The van der Waals surface area contributed by atoms with Crippen LogP contribution in [0.5, 0.6) is 0 Å². The SMILES string of the molecule is CO[C@H]1CC(=O)O[C@@H]([C@H](C=C(C)C)O[Si](C(C)C)(C(C)C)C(C)C)C1. The average Bonchev–Trinajstić information content (AvgIpc) is 2.49. The summed E-state index contributed by atoms with van der Waals surface area (Å²) in [6.07, 6.45) is 2.59. The standard InChI is InChI=1S/C20H38O4Si/c1-13(2)10-19(18-11-17(22-9)12-20(21)23-18)24-25(14(3)4,15(5)6)16(7)8/h10,14-19H,11-12H2,1-9H3/t17-,18-,19+/m1/s1. The quantitative estimate of drug-likeness (QED) is 0.333. The number of methoxy groups -OCH3 is 1. The molecule has 0 amide bonds. The zero-order valence-electron chi connectivity index (χ0n) is 17.6. The first-order chi connectivity index (χ1) is 11.5. The van der Waals surface area contributed by atoms with Gasteiger partial charge in [0.15, 0.2) is 0 Å². The molecule has 1 rings (SSSR count). The van der Waals surface area contributed by atoms with Crippen LogP contribution in [0.3, 0.4) is 0 Å². The van der Waals surface area contributed by atoms with Crippen LogP contribution in [0.25, 0.3) is 0 Å². The molecule has 0 aliphatic carbocycles. The molecule has 0 bridgehead atoms. The van der Waals surface area contributed by atoms with E-state index in [0.717, 1.165) is 0 Å². The first-order valence-electron chi connectivity index (χ1n) is 9.59. The van der Waals surface area contributed by atoms with E-state index >= 15 is 0 Å². The highest BCUT2D eigenvalue weighted by Crippen LogP contribution is 2.44. The van der Waals surface area contributed by atoms with Gasteiger partial charge in [-0.25, -0.2) is 0 Å². The van der Waals surface area contributed by atoms with Gasteiger partial charge in [-0.2, -0.15) is 0 Å². The Labute approximate surface area is 155 Å². The molecule has 0 saturated carbocycles. The molecule has 25 heavy (non-hydrogen) atoms. The van der Waals surface area contributed by atoms with E-state index in [1.807, 2.05) is 0 Å². The molecule has 1 heterocycles. The second-order valence-electron chi connectivity index (χ2n) is 8.47. The van der Waals surface area contributed by atoms with Crippen LogP contribution in [0.15, 0.2) is 11.6 Å². The van der Waals surface area contributed by atoms with Crippen LogP contribution >= 0.6 is 0 Å². The molecule has 0 aromatic carbocycles. The van der Waals surface area contributed by atoms with Gasteiger partial charge < -0.3 is 13.9 Å². The van der Waals surface area contributed by atoms with Gasteiger partial charge in [-0.05, 0) is 30.5 Å². The first kappa shape index (κ1) is 22.4. The Bertz CT molecular complexity index is 445. The van der Waals surface area contributed by atoms with Crippen molar-refractivity contribution in [1.82, 2.24) is 0 Å². The lowest BCUT2D eigenvalue weighted by molar-refractivity contribution is -0.167. The van der Waals surface area contributed by atoms with Gasteiger partial charge in [0.05, 0.1) is 12.5 Å². The monoisotopic (exact) mass is 370 g/mol. The number of cyclic esters (lactones) is 1. The Kier molecular flexibility index (Phi) is 8.36. The number of rotatable bonds is 8. The van der Waals surface area contributed by atoms with Gasteiger partial charge in [-0.1, -0.05) is 53.2 Å². The van der Waals surface area contributed by atoms with Crippen molar-refractivity contribution in [3.8, 4) is 0 Å². The number of ether oxygens (including phenoxy) is 2. The third-order valence-electron chi connectivity index (χ3n) is 5.42. The Morgan fingerprint density at radius 2 is 1.64 bits per heavy atom. The van der Waals surface area contributed by atoms with Crippen molar-refractivity contribution in [3.05, 3.63) is 11.6 Å². The van der Waals surface area contributed by atoms with E-state index in [4.69, 9.17) is 13.9 Å². The van der Waals surface area contributed by atoms with Crippen molar-refractivity contribution >= 4 is 14.3 Å². The zero-order chi connectivity index (χ0) is 19.4. The van der Waals surface area contributed by atoms with E-state index in [1.165, 1.54) is 5.57 Å². The Morgan fingerprint density at radius 1 is 1.12 bits per heavy atom. The van der Waals surface area contributed by atoms with Crippen LogP contribution in [0.4, 0.5) is 0 Å². The minimum absolute atomic E-state index is 0.0869. The van der Waals surface area contributed by atoms with Gasteiger partial charge in [0.2, 0.25) is 8.32 Å². The highest BCUT2D eigenvalue weighted by molar-refractivity contribution is 6.77. The summed E-state index contributed by atoms with van der Waals surface area (Å²) >= 11 is 0. The smallest absolute Gasteiger partial charge is 0.308 e. The lowest BCUT2D eigenvalue weighted by Crippen LogP contribution is -2.53. The number of carbonyl (C=O) groups is 1. The molecule has 146 valence electrons. The molecule has 0 unspecified atom stereocenters. The molecule has 1 aliphatic heterocycles. The van der Waals surface area contributed by atoms with Crippen LogP contribution in [0, 0.1) is 0 Å². The highest BCUT2D eigenvalue weighted by atomic mass is 28.4. The Morgan fingerprint density at radius 3 is 2.04 bits per heavy atom. The van der Waals surface area contributed by atoms with Gasteiger partial charge in [0.1, 0.15) is 12.2 Å². The first-order valence-corrected chi connectivity index (χ1v) is 11.7. The third-order valence-corrected chi connectivity index (χ3v) is 11.5. The van der Waals surface area contributed by atoms with Crippen molar-refractivity contribution in [1.29, 1.82) is 0 Å². The largest absolute Gasteiger partial charge is 0.459 e. The highest BCUT2D eigenvalue weighted by Gasteiger charge is 2.48.